The van der Waals surface area contributed by atoms with Gasteiger partial charge in [0.1, 0.15) is 19.3 Å². The van der Waals surface area contributed by atoms with Crippen LogP contribution in [0.1, 0.15) is 465 Å². The van der Waals surface area contributed by atoms with Crippen molar-refractivity contribution in [2.75, 3.05) is 39.6 Å². The van der Waals surface area contributed by atoms with Gasteiger partial charge in [-0.05, 0) is 37.5 Å². The molecule has 17 nitrogen and oxygen atoms in total. The van der Waals surface area contributed by atoms with Crippen LogP contribution in [-0.4, -0.2) is 96.7 Å². The van der Waals surface area contributed by atoms with E-state index in [4.69, 9.17) is 37.0 Å². The van der Waals surface area contributed by atoms with Crippen LogP contribution in [0.3, 0.4) is 0 Å². The molecular weight excluding hydrogens is 1380 g/mol. The van der Waals surface area contributed by atoms with E-state index in [1.165, 1.54) is 283 Å². The molecule has 0 saturated heterocycles. The minimum atomic E-state index is -4.97. The third kappa shape index (κ3) is 80.1. The number of aliphatic hydroxyl groups excluding tert-OH is 1. The summed E-state index contributed by atoms with van der Waals surface area (Å²) in [6, 6.07) is 0. The summed E-state index contributed by atoms with van der Waals surface area (Å²) >= 11 is 0. The lowest BCUT2D eigenvalue weighted by molar-refractivity contribution is -0.161. The lowest BCUT2D eigenvalue weighted by Crippen LogP contribution is -2.30. The second kappa shape index (κ2) is 78.3. The van der Waals surface area contributed by atoms with E-state index < -0.39 is 97.5 Å². The maximum Gasteiger partial charge on any atom is 0.472 e. The summed E-state index contributed by atoms with van der Waals surface area (Å²) in [5.74, 6) is -0.495. The molecule has 0 aromatic carbocycles. The fourth-order valence-electron chi connectivity index (χ4n) is 13.6. The smallest absolute Gasteiger partial charge is 0.462 e. The normalized spacial score (nSPS) is 13.8. The molecule has 0 aromatic heterocycles. The summed E-state index contributed by atoms with van der Waals surface area (Å²) in [6.07, 6.45) is 70.7. The van der Waals surface area contributed by atoms with Gasteiger partial charge >= 0.3 is 39.5 Å². The first-order chi connectivity index (χ1) is 51.4. The molecule has 2 unspecified atom stereocenters. The van der Waals surface area contributed by atoms with Crippen LogP contribution >= 0.6 is 15.6 Å². The van der Waals surface area contributed by atoms with Crippen LogP contribution in [-0.2, 0) is 65.4 Å². The Morgan fingerprint density at radius 1 is 0.255 bits per heavy atom. The molecule has 5 atom stereocenters. The van der Waals surface area contributed by atoms with Gasteiger partial charge in [-0.25, -0.2) is 9.13 Å². The van der Waals surface area contributed by atoms with Crippen LogP contribution in [0.5, 0.6) is 0 Å². The summed E-state index contributed by atoms with van der Waals surface area (Å²) in [4.78, 5) is 73.3. The SMILES string of the molecule is CCCCCCCCCCCCCCCCCCCCCC(=O)OC[C@H](COP(=O)(O)OC[C@@H](O)COP(=O)(O)OC[C@@H](COC(=O)CCCCCCCCCCCCC)OC(=O)CCCCCCCCCCCCCCCCC(C)C)OC(=O)CCCCCCCCCCCCCCCCCCC(C)C. The number of rotatable bonds is 86. The number of ether oxygens (including phenoxy) is 4. The number of carbonyl (C=O) groups excluding carboxylic acids is 4. The summed E-state index contributed by atoms with van der Waals surface area (Å²) in [5.41, 5.74) is 0. The van der Waals surface area contributed by atoms with Crippen molar-refractivity contribution in [3.63, 3.8) is 0 Å². The first-order valence-corrected chi connectivity index (χ1v) is 48.0. The van der Waals surface area contributed by atoms with Gasteiger partial charge in [-0.1, -0.05) is 414 Å². The van der Waals surface area contributed by atoms with Gasteiger partial charge in [0.2, 0.25) is 0 Å². The van der Waals surface area contributed by atoms with E-state index in [0.717, 1.165) is 102 Å². The summed E-state index contributed by atoms with van der Waals surface area (Å²) in [6.45, 7) is 9.73. The molecule has 0 fully saturated rings. The zero-order valence-electron chi connectivity index (χ0n) is 69.7. The highest BCUT2D eigenvalue weighted by Gasteiger charge is 2.30. The van der Waals surface area contributed by atoms with E-state index in [2.05, 4.69) is 41.5 Å². The van der Waals surface area contributed by atoms with Gasteiger partial charge in [0.15, 0.2) is 12.2 Å². The lowest BCUT2D eigenvalue weighted by Gasteiger charge is -2.21. The molecule has 0 heterocycles. The fourth-order valence-corrected chi connectivity index (χ4v) is 15.2. The van der Waals surface area contributed by atoms with Crippen LogP contribution in [0.4, 0.5) is 0 Å². The average molecular weight is 1550 g/mol. The van der Waals surface area contributed by atoms with E-state index in [1.807, 2.05) is 0 Å². The molecular formula is C87H170O17P2. The molecule has 0 radical (unpaired) electrons. The number of carbonyl (C=O) groups is 4. The van der Waals surface area contributed by atoms with E-state index in [9.17, 15) is 43.2 Å². The van der Waals surface area contributed by atoms with Crippen molar-refractivity contribution in [2.24, 2.45) is 11.8 Å². The van der Waals surface area contributed by atoms with Gasteiger partial charge in [0, 0.05) is 25.7 Å². The van der Waals surface area contributed by atoms with Crippen molar-refractivity contribution in [1.29, 1.82) is 0 Å². The quantitative estimate of drug-likeness (QED) is 0.0222. The molecule has 0 aromatic rings. The minimum absolute atomic E-state index is 0.108. The molecule has 0 spiro atoms. The molecule has 0 aliphatic carbocycles. The number of esters is 4. The highest BCUT2D eigenvalue weighted by Crippen LogP contribution is 2.45. The van der Waals surface area contributed by atoms with Crippen molar-refractivity contribution in [3.8, 4) is 0 Å². The summed E-state index contributed by atoms with van der Waals surface area (Å²) in [7, 11) is -9.93. The molecule has 0 aliphatic heterocycles. The zero-order valence-corrected chi connectivity index (χ0v) is 71.5. The Kier molecular flexibility index (Phi) is 76.9. The maximum absolute atomic E-state index is 13.2. The van der Waals surface area contributed by atoms with E-state index >= 15 is 0 Å². The van der Waals surface area contributed by atoms with Crippen LogP contribution < -0.4 is 0 Å². The number of phosphoric acid groups is 2. The van der Waals surface area contributed by atoms with E-state index in [1.54, 1.807) is 0 Å². The number of phosphoric ester groups is 2. The van der Waals surface area contributed by atoms with Crippen molar-refractivity contribution < 1.29 is 80.2 Å². The highest BCUT2D eigenvalue weighted by atomic mass is 31.2. The molecule has 0 saturated carbocycles. The number of aliphatic hydroxyl groups is 1. The van der Waals surface area contributed by atoms with Gasteiger partial charge in [-0.2, -0.15) is 0 Å². The molecule has 0 amide bonds. The molecule has 0 rings (SSSR count). The third-order valence-corrected chi connectivity index (χ3v) is 22.4. The van der Waals surface area contributed by atoms with Crippen LogP contribution in [0.2, 0.25) is 0 Å². The Hall–Kier alpha value is -1.94. The van der Waals surface area contributed by atoms with Crippen molar-refractivity contribution in [3.05, 3.63) is 0 Å². The first kappa shape index (κ1) is 104. The standard InChI is InChI=1S/C87H170O17P2/c1-7-9-11-13-15-17-19-20-21-22-23-24-28-34-40-46-52-58-64-70-85(90)98-76-83(104-86(91)71-65-59-53-47-41-35-29-26-25-27-32-38-43-49-55-61-67-79(3)4)78-102-106(95,96)100-74-81(88)73-99-105(93,94)101-77-82(75-97-84(89)69-63-57-51-45-37-18-16-14-12-10-8-2)103-87(92)72-66-60-54-48-42-36-31-30-33-39-44-50-56-62-68-80(5)6/h79-83,88H,7-78H2,1-6H3,(H,93,94)(H,95,96)/t81-,82+,83+/m0/s1. The Morgan fingerprint density at radius 3 is 0.642 bits per heavy atom. The topological polar surface area (TPSA) is 237 Å². The second-order valence-corrected chi connectivity index (χ2v) is 35.1. The predicted molar refractivity (Wildman–Crippen MR) is 437 cm³/mol. The fraction of sp³-hybridized carbons (Fsp3) is 0.954. The van der Waals surface area contributed by atoms with Gasteiger partial charge in [0.25, 0.3) is 0 Å². The monoisotopic (exact) mass is 1550 g/mol. The second-order valence-electron chi connectivity index (χ2n) is 32.2. The first-order valence-electron chi connectivity index (χ1n) is 45.0. The number of unbranched alkanes of at least 4 members (excludes halogenated alkanes) is 56. The Labute approximate surface area is 651 Å². The zero-order chi connectivity index (χ0) is 77.8. The van der Waals surface area contributed by atoms with Crippen molar-refractivity contribution in [2.45, 2.75) is 484 Å². The molecule has 0 aliphatic rings. The van der Waals surface area contributed by atoms with Gasteiger partial charge in [-0.15, -0.1) is 0 Å². The third-order valence-electron chi connectivity index (χ3n) is 20.5. The Morgan fingerprint density at radius 2 is 0.434 bits per heavy atom. The predicted octanol–water partition coefficient (Wildman–Crippen LogP) is 26.6. The van der Waals surface area contributed by atoms with Crippen molar-refractivity contribution in [1.82, 2.24) is 0 Å². The molecule has 19 heteroatoms. The van der Waals surface area contributed by atoms with Crippen LogP contribution in [0.15, 0.2) is 0 Å². The number of hydrogen-bond acceptors (Lipinski definition) is 15. The highest BCUT2D eigenvalue weighted by molar-refractivity contribution is 7.47. The van der Waals surface area contributed by atoms with Crippen molar-refractivity contribution >= 4 is 39.5 Å². The van der Waals surface area contributed by atoms with E-state index in [-0.39, 0.29) is 25.7 Å². The van der Waals surface area contributed by atoms with Gasteiger partial charge < -0.3 is 33.8 Å². The molecule has 106 heavy (non-hydrogen) atoms. The lowest BCUT2D eigenvalue weighted by atomic mass is 10.0. The average Bonchev–Trinajstić information content (AvgIpc) is 0.899. The van der Waals surface area contributed by atoms with Gasteiger partial charge in [0.05, 0.1) is 26.4 Å². The molecule has 0 bridgehead atoms. The maximum atomic E-state index is 13.2. The molecule has 630 valence electrons. The Bertz CT molecular complexity index is 2030. The summed E-state index contributed by atoms with van der Waals surface area (Å²) in [5, 5.41) is 10.7. The summed E-state index contributed by atoms with van der Waals surface area (Å²) < 4.78 is 68.9. The van der Waals surface area contributed by atoms with Crippen LogP contribution in [0, 0.1) is 11.8 Å². The number of hydrogen-bond donors (Lipinski definition) is 3. The van der Waals surface area contributed by atoms with E-state index in [0.29, 0.717) is 25.7 Å². The Balaban J connectivity index is 5.24. The largest absolute Gasteiger partial charge is 0.472 e. The van der Waals surface area contributed by atoms with Gasteiger partial charge in [-0.3, -0.25) is 37.3 Å². The van der Waals surface area contributed by atoms with Crippen LogP contribution in [0.25, 0.3) is 0 Å². The minimum Gasteiger partial charge on any atom is -0.462 e. The molecule has 3 N–H and O–H groups in total.